The molecule has 0 aliphatic carbocycles. The Morgan fingerprint density at radius 3 is 2.36 bits per heavy atom. The molecule has 1 atom stereocenters. The molecule has 0 aromatic carbocycles. The van der Waals surface area contributed by atoms with Gasteiger partial charge in [-0.25, -0.2) is 9.97 Å². The highest BCUT2D eigenvalue weighted by molar-refractivity contribution is 7.60. The van der Waals surface area contributed by atoms with Gasteiger partial charge in [-0.3, -0.25) is 4.57 Å². The average Bonchev–Trinajstić information content (AvgIpc) is 2.02. The van der Waals surface area contributed by atoms with E-state index in [4.69, 9.17) is 15.5 Å². The van der Waals surface area contributed by atoms with Gasteiger partial charge in [-0.1, -0.05) is 0 Å². The Kier molecular flexibility index (Phi) is 3.34. The molecule has 0 unspecified atom stereocenters. The van der Waals surface area contributed by atoms with Crippen LogP contribution in [-0.2, 0) is 11.0 Å². The number of aromatic nitrogens is 2. The van der Waals surface area contributed by atoms with Crippen molar-refractivity contribution in [2.45, 2.75) is 19.4 Å². The molecule has 0 aliphatic heterocycles. The average molecular weight is 217 g/mol. The lowest BCUT2D eigenvalue weighted by Gasteiger charge is -2.05. The van der Waals surface area contributed by atoms with E-state index in [2.05, 4.69) is 9.97 Å². The molecule has 0 fully saturated rings. The highest BCUT2D eigenvalue weighted by atomic mass is 31.2. The molecule has 0 bridgehead atoms. The fourth-order valence-electron chi connectivity index (χ4n) is 0.892. The van der Waals surface area contributed by atoms with Gasteiger partial charge in [0.25, 0.3) is 0 Å². The summed E-state index contributed by atoms with van der Waals surface area (Å²) in [5.41, 5.74) is 5.51. The van der Waals surface area contributed by atoms with Gasteiger partial charge in [0, 0.05) is 24.9 Å². The molecular weight excluding hydrogens is 205 g/mol. The molecule has 0 spiro atoms. The summed E-state index contributed by atoms with van der Waals surface area (Å²) in [5.74, 6) is 0.484. The molecule has 1 heterocycles. The van der Waals surface area contributed by atoms with Crippen molar-refractivity contribution in [3.05, 3.63) is 18.2 Å². The summed E-state index contributed by atoms with van der Waals surface area (Å²) >= 11 is 0. The van der Waals surface area contributed by atoms with E-state index in [0.29, 0.717) is 12.2 Å². The molecule has 6 nitrogen and oxygen atoms in total. The van der Waals surface area contributed by atoms with Crippen LogP contribution in [0.2, 0.25) is 0 Å². The van der Waals surface area contributed by atoms with Crippen LogP contribution in [0.3, 0.4) is 0 Å². The molecule has 1 aromatic rings. The summed E-state index contributed by atoms with van der Waals surface area (Å²) in [7, 11) is -4.23. The second-order valence-electron chi connectivity index (χ2n) is 3.08. The SMILES string of the molecule is C[C@@H](N)Cc1ncc(P(=O)(O)O)cn1. The second kappa shape index (κ2) is 4.14. The fourth-order valence-corrected chi connectivity index (χ4v) is 1.31. The van der Waals surface area contributed by atoms with E-state index >= 15 is 0 Å². The van der Waals surface area contributed by atoms with Gasteiger partial charge in [-0.15, -0.1) is 0 Å². The summed E-state index contributed by atoms with van der Waals surface area (Å²) in [6.45, 7) is 1.81. The molecule has 1 aromatic heterocycles. The Labute approximate surface area is 81.4 Å². The van der Waals surface area contributed by atoms with Crippen LogP contribution in [0.15, 0.2) is 12.4 Å². The Balaban J connectivity index is 2.84. The van der Waals surface area contributed by atoms with Crippen molar-refractivity contribution in [1.82, 2.24) is 9.97 Å². The lowest BCUT2D eigenvalue weighted by atomic mass is 10.2. The molecule has 0 aliphatic rings. The Morgan fingerprint density at radius 2 is 2.00 bits per heavy atom. The number of rotatable bonds is 3. The van der Waals surface area contributed by atoms with Crippen molar-refractivity contribution >= 4 is 12.9 Å². The zero-order valence-electron chi connectivity index (χ0n) is 7.66. The fraction of sp³-hybridized carbons (Fsp3) is 0.429. The van der Waals surface area contributed by atoms with Crippen LogP contribution < -0.4 is 11.0 Å². The van der Waals surface area contributed by atoms with Gasteiger partial charge >= 0.3 is 7.60 Å². The lowest BCUT2D eigenvalue weighted by Crippen LogP contribution is -2.20. The van der Waals surface area contributed by atoms with Crippen LogP contribution in [0.25, 0.3) is 0 Å². The molecule has 14 heavy (non-hydrogen) atoms. The highest BCUT2D eigenvalue weighted by Gasteiger charge is 2.17. The first-order valence-corrected chi connectivity index (χ1v) is 5.63. The van der Waals surface area contributed by atoms with Gasteiger partial charge in [0.2, 0.25) is 0 Å². The standard InChI is InChI=1S/C7H12N3O3P/c1-5(8)2-7-9-3-6(4-10-7)14(11,12)13/h3-5H,2,8H2,1H3,(H2,11,12,13)/t5-/m1/s1. The maximum atomic E-state index is 10.8. The molecule has 4 N–H and O–H groups in total. The molecule has 0 radical (unpaired) electrons. The summed E-state index contributed by atoms with van der Waals surface area (Å²) in [6.07, 6.45) is 2.75. The smallest absolute Gasteiger partial charge is 0.328 e. The number of hydrogen-bond donors (Lipinski definition) is 3. The Morgan fingerprint density at radius 1 is 1.50 bits per heavy atom. The molecule has 0 saturated heterocycles. The maximum absolute atomic E-state index is 10.8. The quantitative estimate of drug-likeness (QED) is 0.570. The van der Waals surface area contributed by atoms with Gasteiger partial charge in [-0.2, -0.15) is 0 Å². The minimum absolute atomic E-state index is 0.0732. The van der Waals surface area contributed by atoms with Crippen LogP contribution in [0.4, 0.5) is 0 Å². The molecule has 78 valence electrons. The number of nitrogens with zero attached hydrogens (tertiary/aromatic N) is 2. The third-order valence-electron chi connectivity index (χ3n) is 1.53. The van der Waals surface area contributed by atoms with E-state index in [-0.39, 0.29) is 11.3 Å². The summed E-state index contributed by atoms with van der Waals surface area (Å²) < 4.78 is 10.8. The van der Waals surface area contributed by atoms with Crippen molar-refractivity contribution in [1.29, 1.82) is 0 Å². The van der Waals surface area contributed by atoms with E-state index in [1.54, 1.807) is 6.92 Å². The van der Waals surface area contributed by atoms with E-state index < -0.39 is 7.60 Å². The molecule has 1 rings (SSSR count). The van der Waals surface area contributed by atoms with Crippen molar-refractivity contribution in [2.75, 3.05) is 0 Å². The van der Waals surface area contributed by atoms with Crippen molar-refractivity contribution < 1.29 is 14.4 Å². The zero-order valence-corrected chi connectivity index (χ0v) is 8.56. The van der Waals surface area contributed by atoms with Crippen LogP contribution >= 0.6 is 7.60 Å². The van der Waals surface area contributed by atoms with Gasteiger partial charge < -0.3 is 15.5 Å². The Hall–Kier alpha value is -0.810. The first-order chi connectivity index (χ1) is 6.39. The first-order valence-electron chi connectivity index (χ1n) is 4.02. The minimum Gasteiger partial charge on any atom is -0.328 e. The zero-order chi connectivity index (χ0) is 10.8. The Bertz CT molecular complexity index is 346. The summed E-state index contributed by atoms with van der Waals surface area (Å²) in [6, 6.07) is -0.0732. The van der Waals surface area contributed by atoms with E-state index in [9.17, 15) is 4.57 Å². The predicted octanol–water partition coefficient (Wildman–Crippen LogP) is -0.831. The van der Waals surface area contributed by atoms with Crippen molar-refractivity contribution in [2.24, 2.45) is 5.73 Å². The van der Waals surface area contributed by atoms with Gasteiger partial charge in [-0.05, 0) is 6.92 Å². The highest BCUT2D eigenvalue weighted by Crippen LogP contribution is 2.31. The number of hydrogen-bond acceptors (Lipinski definition) is 4. The summed E-state index contributed by atoms with van der Waals surface area (Å²) in [5, 5.41) is -0.175. The van der Waals surface area contributed by atoms with Crippen molar-refractivity contribution in [3.8, 4) is 0 Å². The van der Waals surface area contributed by atoms with Gasteiger partial charge in [0.15, 0.2) is 0 Å². The van der Waals surface area contributed by atoms with Crippen LogP contribution in [0, 0.1) is 0 Å². The van der Waals surface area contributed by atoms with Crippen LogP contribution in [-0.4, -0.2) is 25.8 Å². The van der Waals surface area contributed by atoms with Crippen molar-refractivity contribution in [3.63, 3.8) is 0 Å². The maximum Gasteiger partial charge on any atom is 0.359 e. The molecule has 0 amide bonds. The topological polar surface area (TPSA) is 109 Å². The normalized spacial score (nSPS) is 14.0. The van der Waals surface area contributed by atoms with E-state index in [1.807, 2.05) is 0 Å². The molecular formula is C7H12N3O3P. The van der Waals surface area contributed by atoms with Crippen LogP contribution in [0.1, 0.15) is 12.7 Å². The first kappa shape index (κ1) is 11.3. The second-order valence-corrected chi connectivity index (χ2v) is 4.69. The monoisotopic (exact) mass is 217 g/mol. The van der Waals surface area contributed by atoms with Gasteiger partial charge in [0.05, 0.1) is 0 Å². The predicted molar refractivity (Wildman–Crippen MR) is 51.1 cm³/mol. The lowest BCUT2D eigenvalue weighted by molar-refractivity contribution is 0.387. The van der Waals surface area contributed by atoms with Gasteiger partial charge in [0.1, 0.15) is 11.1 Å². The minimum atomic E-state index is -4.23. The third kappa shape index (κ3) is 3.16. The molecule has 0 saturated carbocycles. The third-order valence-corrected chi connectivity index (χ3v) is 2.44. The summed E-state index contributed by atoms with van der Waals surface area (Å²) in [4.78, 5) is 25.1. The van der Waals surface area contributed by atoms with Crippen LogP contribution in [0.5, 0.6) is 0 Å². The van der Waals surface area contributed by atoms with E-state index in [0.717, 1.165) is 12.4 Å². The van der Waals surface area contributed by atoms with E-state index in [1.165, 1.54) is 0 Å². The number of nitrogens with two attached hydrogens (primary N) is 1. The largest absolute Gasteiger partial charge is 0.359 e. The molecule has 7 heteroatoms.